The van der Waals surface area contributed by atoms with Gasteiger partial charge in [0.1, 0.15) is 30.5 Å². The lowest BCUT2D eigenvalue weighted by Gasteiger charge is -2.46. The molecule has 2 aliphatic carbocycles. The summed E-state index contributed by atoms with van der Waals surface area (Å²) in [7, 11) is 1.44. The number of aryl methyl sites for hydroxylation is 2. The quantitative estimate of drug-likeness (QED) is 0.0799. The van der Waals surface area contributed by atoms with Crippen molar-refractivity contribution in [2.45, 2.75) is 69.8 Å². The van der Waals surface area contributed by atoms with Crippen molar-refractivity contribution >= 4 is 5.97 Å². The molecule has 5 atom stereocenters. The molecular weight excluding hydrogens is 761 g/mol. The predicted octanol–water partition coefficient (Wildman–Crippen LogP) is 10.8. The molecular formula is C54H52O7. The van der Waals surface area contributed by atoms with Crippen molar-refractivity contribution < 1.29 is 33.2 Å². The van der Waals surface area contributed by atoms with E-state index < -0.39 is 30.5 Å². The smallest absolute Gasteiger partial charge is 0.338 e. The molecule has 0 N–H and O–H groups in total. The van der Waals surface area contributed by atoms with Gasteiger partial charge in [-0.3, -0.25) is 0 Å². The first-order chi connectivity index (χ1) is 30.1. The molecule has 1 saturated heterocycles. The number of ether oxygens (including phenoxy) is 6. The summed E-state index contributed by atoms with van der Waals surface area (Å²) in [5, 5.41) is 0. The highest BCUT2D eigenvalue weighted by molar-refractivity contribution is 6.00. The van der Waals surface area contributed by atoms with Gasteiger partial charge in [0.05, 0.1) is 45.7 Å². The average Bonchev–Trinajstić information content (AvgIpc) is 3.50. The Morgan fingerprint density at radius 3 is 1.61 bits per heavy atom. The van der Waals surface area contributed by atoms with Crippen molar-refractivity contribution in [3.05, 3.63) is 226 Å². The Kier molecular flexibility index (Phi) is 14.4. The van der Waals surface area contributed by atoms with E-state index in [9.17, 15) is 4.79 Å². The van der Waals surface area contributed by atoms with Crippen LogP contribution >= 0.6 is 0 Å². The largest absolute Gasteiger partial charge is 0.465 e. The Bertz CT molecular complexity index is 2370. The van der Waals surface area contributed by atoms with E-state index in [1.54, 1.807) is 0 Å². The summed E-state index contributed by atoms with van der Waals surface area (Å²) in [6, 6.07) is 61.2. The molecule has 0 amide bonds. The first-order valence-electron chi connectivity index (χ1n) is 21.0. The fourth-order valence-corrected chi connectivity index (χ4v) is 8.15. The SMILES string of the molecule is COC(=O)c1c(CCc2cccc(C3OC(COCc4ccccc4)C(OCc4ccccc4)C(OCc4ccccc4)C3OCc3ccccc3)c2)cc2cccccc1-2. The van der Waals surface area contributed by atoms with Crippen molar-refractivity contribution in [3.63, 3.8) is 0 Å². The van der Waals surface area contributed by atoms with Crippen LogP contribution < -0.4 is 0 Å². The van der Waals surface area contributed by atoms with Crippen molar-refractivity contribution in [3.8, 4) is 11.1 Å². The summed E-state index contributed by atoms with van der Waals surface area (Å²) in [6.45, 7) is 1.79. The van der Waals surface area contributed by atoms with Crippen LogP contribution in [0.1, 0.15) is 55.4 Å². The van der Waals surface area contributed by atoms with Gasteiger partial charge in [0.2, 0.25) is 0 Å². The van der Waals surface area contributed by atoms with E-state index in [0.717, 1.165) is 50.1 Å². The fraction of sp³-hybridized carbons (Fsp3) is 0.241. The molecule has 1 heterocycles. The van der Waals surface area contributed by atoms with Gasteiger partial charge in [0.25, 0.3) is 0 Å². The summed E-state index contributed by atoms with van der Waals surface area (Å²) in [5.41, 5.74) is 9.77. The van der Waals surface area contributed by atoms with Crippen molar-refractivity contribution in [2.24, 2.45) is 0 Å². The summed E-state index contributed by atoms with van der Waals surface area (Å²) >= 11 is 0. The van der Waals surface area contributed by atoms with Crippen LogP contribution in [0.4, 0.5) is 0 Å². The van der Waals surface area contributed by atoms with Crippen LogP contribution in [0.2, 0.25) is 0 Å². The lowest BCUT2D eigenvalue weighted by Crippen LogP contribution is -2.58. The third kappa shape index (κ3) is 10.9. The molecule has 0 aromatic heterocycles. The third-order valence-electron chi connectivity index (χ3n) is 11.2. The van der Waals surface area contributed by atoms with E-state index in [0.29, 0.717) is 44.8 Å². The van der Waals surface area contributed by atoms with Crippen LogP contribution in [0.15, 0.2) is 182 Å². The molecule has 1 aliphatic heterocycles. The zero-order chi connectivity index (χ0) is 41.6. The number of hydrogen-bond acceptors (Lipinski definition) is 7. The van der Waals surface area contributed by atoms with Gasteiger partial charge >= 0.3 is 5.97 Å². The van der Waals surface area contributed by atoms with E-state index in [-0.39, 0.29) is 12.6 Å². The topological polar surface area (TPSA) is 72.5 Å². The summed E-state index contributed by atoms with van der Waals surface area (Å²) < 4.78 is 39.8. The molecule has 5 aromatic rings. The molecule has 0 saturated carbocycles. The van der Waals surface area contributed by atoms with Gasteiger partial charge in [-0.05, 0) is 62.9 Å². The minimum absolute atomic E-state index is 0.278. The first kappa shape index (κ1) is 41.8. The second-order valence-electron chi connectivity index (χ2n) is 15.4. The molecule has 5 unspecified atom stereocenters. The van der Waals surface area contributed by atoms with Crippen LogP contribution in [-0.4, -0.2) is 44.1 Å². The summed E-state index contributed by atoms with van der Waals surface area (Å²) in [4.78, 5) is 13.1. The van der Waals surface area contributed by atoms with E-state index in [1.165, 1.54) is 7.11 Å². The summed E-state index contributed by atoms with van der Waals surface area (Å²) in [5.74, 6) is -0.329. The maximum atomic E-state index is 13.1. The molecule has 7 heteroatoms. The summed E-state index contributed by atoms with van der Waals surface area (Å²) in [6.07, 6.45) is -1.32. The lowest BCUT2D eigenvalue weighted by atomic mass is 9.89. The first-order valence-corrected chi connectivity index (χ1v) is 21.0. The Labute approximate surface area is 359 Å². The molecule has 61 heavy (non-hydrogen) atoms. The van der Waals surface area contributed by atoms with E-state index in [4.69, 9.17) is 28.4 Å². The van der Waals surface area contributed by atoms with Crippen LogP contribution in [0.3, 0.4) is 0 Å². The van der Waals surface area contributed by atoms with E-state index in [2.05, 4.69) is 78.9 Å². The van der Waals surface area contributed by atoms with Crippen LogP contribution in [0, 0.1) is 0 Å². The van der Waals surface area contributed by atoms with Gasteiger partial charge in [-0.25, -0.2) is 4.79 Å². The van der Waals surface area contributed by atoms with Crippen LogP contribution in [0.25, 0.3) is 11.1 Å². The highest BCUT2D eigenvalue weighted by Gasteiger charge is 2.49. The van der Waals surface area contributed by atoms with E-state index >= 15 is 0 Å². The Morgan fingerprint density at radius 2 is 1.02 bits per heavy atom. The number of rotatable bonds is 18. The minimum atomic E-state index is -0.558. The maximum Gasteiger partial charge on any atom is 0.338 e. The highest BCUT2D eigenvalue weighted by Crippen LogP contribution is 2.39. The van der Waals surface area contributed by atoms with Gasteiger partial charge < -0.3 is 28.4 Å². The van der Waals surface area contributed by atoms with Gasteiger partial charge in [0, 0.05) is 0 Å². The predicted molar refractivity (Wildman–Crippen MR) is 237 cm³/mol. The normalized spacial score (nSPS) is 18.8. The third-order valence-corrected chi connectivity index (χ3v) is 11.2. The number of fused-ring (bicyclic) bond motifs is 1. The number of carbonyl (C=O) groups excluding carboxylic acids is 1. The lowest BCUT2D eigenvalue weighted by molar-refractivity contribution is -0.275. The van der Waals surface area contributed by atoms with Crippen LogP contribution in [0.5, 0.6) is 0 Å². The van der Waals surface area contributed by atoms with Gasteiger partial charge in [-0.1, -0.05) is 182 Å². The van der Waals surface area contributed by atoms with E-state index in [1.807, 2.05) is 103 Å². The molecule has 310 valence electrons. The molecule has 0 radical (unpaired) electrons. The van der Waals surface area contributed by atoms with Gasteiger partial charge in [-0.15, -0.1) is 0 Å². The second-order valence-corrected chi connectivity index (χ2v) is 15.4. The van der Waals surface area contributed by atoms with Gasteiger partial charge in [-0.2, -0.15) is 0 Å². The molecule has 8 rings (SSSR count). The zero-order valence-electron chi connectivity index (χ0n) is 34.5. The standard InChI is InChI=1S/C54H52O7/c1-56-54(55)49-45(33-44-27-15-6-16-29-47(44)49)31-30-39-26-17-28-46(32-39)50-52(59-36-42-22-11-4-12-23-42)53(60-37-43-24-13-5-14-25-43)51(58-35-41-20-9-3-10-21-41)48(61-50)38-57-34-40-18-7-2-8-19-40/h2-29,32-33,48,50-53H,30-31,34-38H2,1H3. The fourth-order valence-electron chi connectivity index (χ4n) is 8.15. The molecule has 3 aliphatic rings. The van der Waals surface area contributed by atoms with Crippen molar-refractivity contribution in [1.82, 2.24) is 0 Å². The molecule has 7 nitrogen and oxygen atoms in total. The molecule has 0 bridgehead atoms. The number of benzene rings is 5. The molecule has 5 aromatic carbocycles. The maximum absolute atomic E-state index is 13.1. The Balaban J connectivity index is 1.14. The highest BCUT2D eigenvalue weighted by atomic mass is 16.6. The van der Waals surface area contributed by atoms with Crippen LogP contribution in [-0.2, 0) is 67.7 Å². The van der Waals surface area contributed by atoms with Gasteiger partial charge in [0.15, 0.2) is 0 Å². The monoisotopic (exact) mass is 812 g/mol. The minimum Gasteiger partial charge on any atom is -0.465 e. The Hall–Kier alpha value is -5.93. The second kappa shape index (κ2) is 21.0. The average molecular weight is 813 g/mol. The number of carbonyl (C=O) groups is 1. The zero-order valence-corrected chi connectivity index (χ0v) is 34.5. The van der Waals surface area contributed by atoms with Crippen molar-refractivity contribution in [2.75, 3.05) is 13.7 Å². The number of esters is 1. The molecule has 0 spiro atoms. The van der Waals surface area contributed by atoms with Crippen molar-refractivity contribution in [1.29, 1.82) is 0 Å². The number of methoxy groups -OCH3 is 1. The Morgan fingerprint density at radius 1 is 0.508 bits per heavy atom. The number of hydrogen-bond donors (Lipinski definition) is 0. The molecule has 1 fully saturated rings.